The minimum atomic E-state index is -0.139. The molecule has 1 aromatic carbocycles. The van der Waals surface area contributed by atoms with Crippen LogP contribution in [0.2, 0.25) is 0 Å². The third-order valence-corrected chi connectivity index (χ3v) is 6.71. The molecule has 2 saturated heterocycles. The van der Waals surface area contributed by atoms with Crippen molar-refractivity contribution in [3.05, 3.63) is 40.8 Å². The van der Waals surface area contributed by atoms with Crippen LogP contribution < -0.4 is 11.0 Å². The number of benzene rings is 1. The first-order chi connectivity index (χ1) is 17.7. The minimum absolute atomic E-state index is 0.139. The molecule has 0 spiro atoms. The Balaban J connectivity index is 0.00000148. The van der Waals surface area contributed by atoms with Crippen LogP contribution in [-0.4, -0.2) is 113 Å². The summed E-state index contributed by atoms with van der Waals surface area (Å²) in [4.78, 5) is 32.7. The zero-order valence-corrected chi connectivity index (χ0v) is 21.9. The number of nitrogens with zero attached hydrogens (tertiary/aromatic N) is 6. The second-order valence-corrected chi connectivity index (χ2v) is 9.07. The van der Waals surface area contributed by atoms with Gasteiger partial charge >= 0.3 is 5.69 Å². The Hall–Kier alpha value is -2.79. The molecule has 196 valence electrons. The Morgan fingerprint density at radius 3 is 2.33 bits per heavy atom. The highest BCUT2D eigenvalue weighted by molar-refractivity contribution is 5.85. The van der Waals surface area contributed by atoms with Gasteiger partial charge in [-0.3, -0.25) is 14.4 Å². The number of morpholine rings is 1. The Bertz CT molecular complexity index is 1130. The van der Waals surface area contributed by atoms with Gasteiger partial charge in [0.15, 0.2) is 17.3 Å². The number of piperazine rings is 1. The largest absolute Gasteiger partial charge is 0.379 e. The van der Waals surface area contributed by atoms with Gasteiger partial charge in [-0.1, -0.05) is 44.2 Å². The molecule has 0 aliphatic carbocycles. The van der Waals surface area contributed by atoms with E-state index in [0.717, 1.165) is 77.7 Å². The van der Waals surface area contributed by atoms with Crippen molar-refractivity contribution in [3.63, 3.8) is 0 Å². The van der Waals surface area contributed by atoms with Crippen LogP contribution in [0.5, 0.6) is 0 Å². The molecule has 0 bridgehead atoms. The normalized spacial score (nSPS) is 17.6. The van der Waals surface area contributed by atoms with Crippen LogP contribution in [0.1, 0.15) is 13.8 Å². The number of imidazole rings is 1. The summed E-state index contributed by atoms with van der Waals surface area (Å²) in [6.45, 7) is 14.6. The second-order valence-electron chi connectivity index (χ2n) is 9.07. The molecular formula is C26H40N8O2. The summed E-state index contributed by atoms with van der Waals surface area (Å²) < 4.78 is 7.20. The lowest BCUT2D eigenvalue weighted by Crippen LogP contribution is -2.45. The molecule has 10 heteroatoms. The predicted molar refractivity (Wildman–Crippen MR) is 145 cm³/mol. The van der Waals surface area contributed by atoms with E-state index in [-0.39, 0.29) is 5.69 Å². The smallest absolute Gasteiger partial charge is 0.327 e. The monoisotopic (exact) mass is 496 g/mol. The fraction of sp³-hybridized carbons (Fsp3) is 0.577. The number of aromatic nitrogens is 4. The van der Waals surface area contributed by atoms with Crippen molar-refractivity contribution in [3.8, 4) is 11.4 Å². The maximum atomic E-state index is 12.9. The van der Waals surface area contributed by atoms with E-state index in [1.165, 1.54) is 0 Å². The molecule has 0 atom stereocenters. The number of likely N-dealkylation sites (N-methyl/N-ethyl adjacent to an activating group) is 1. The van der Waals surface area contributed by atoms with Crippen LogP contribution in [0.15, 0.2) is 35.1 Å². The number of anilines is 1. The molecule has 0 saturated carbocycles. The second kappa shape index (κ2) is 13.0. The van der Waals surface area contributed by atoms with Crippen LogP contribution in [0.25, 0.3) is 22.6 Å². The van der Waals surface area contributed by atoms with Crippen molar-refractivity contribution in [2.75, 3.05) is 84.5 Å². The molecule has 2 aliphatic heterocycles. The predicted octanol–water partition coefficient (Wildman–Crippen LogP) is 1.80. The molecule has 3 aromatic rings. The molecule has 36 heavy (non-hydrogen) atoms. The van der Waals surface area contributed by atoms with Crippen LogP contribution in [0.4, 0.5) is 5.82 Å². The molecule has 10 nitrogen and oxygen atoms in total. The van der Waals surface area contributed by atoms with Gasteiger partial charge in [0.25, 0.3) is 0 Å². The Kier molecular flexibility index (Phi) is 9.46. The number of aromatic amines is 1. The zero-order chi connectivity index (χ0) is 25.3. The average molecular weight is 497 g/mol. The quantitative estimate of drug-likeness (QED) is 0.488. The minimum Gasteiger partial charge on any atom is -0.379 e. The molecule has 5 rings (SSSR count). The van der Waals surface area contributed by atoms with Gasteiger partial charge in [0, 0.05) is 71.0 Å². The van der Waals surface area contributed by atoms with E-state index in [1.54, 1.807) is 4.57 Å². The first-order valence-corrected chi connectivity index (χ1v) is 13.2. The third-order valence-electron chi connectivity index (χ3n) is 6.71. The molecule has 0 radical (unpaired) electrons. The van der Waals surface area contributed by atoms with Gasteiger partial charge in [0.05, 0.1) is 13.2 Å². The van der Waals surface area contributed by atoms with Gasteiger partial charge in [-0.25, -0.2) is 14.8 Å². The van der Waals surface area contributed by atoms with Crippen molar-refractivity contribution < 1.29 is 4.74 Å². The number of H-pyrrole nitrogens is 1. The van der Waals surface area contributed by atoms with Gasteiger partial charge in [-0.15, -0.1) is 0 Å². The molecular weight excluding hydrogens is 456 g/mol. The fourth-order valence-electron chi connectivity index (χ4n) is 4.55. The summed E-state index contributed by atoms with van der Waals surface area (Å²) >= 11 is 0. The van der Waals surface area contributed by atoms with Gasteiger partial charge < -0.3 is 19.9 Å². The number of ether oxygens (including phenoxy) is 1. The average Bonchev–Trinajstić information content (AvgIpc) is 3.25. The summed E-state index contributed by atoms with van der Waals surface area (Å²) in [6, 6.07) is 9.93. The number of fused-ring (bicyclic) bond motifs is 1. The number of hydrogen-bond acceptors (Lipinski definition) is 8. The van der Waals surface area contributed by atoms with Crippen LogP contribution in [0, 0.1) is 0 Å². The summed E-state index contributed by atoms with van der Waals surface area (Å²) in [7, 11) is 2.15. The fourth-order valence-corrected chi connectivity index (χ4v) is 4.55. The van der Waals surface area contributed by atoms with E-state index >= 15 is 0 Å². The van der Waals surface area contributed by atoms with Gasteiger partial charge in [-0.05, 0) is 7.05 Å². The SMILES string of the molecule is CC.CN1CCN(CCn2c(=O)[nH]c3c(NCCN4CCOCC4)nc(-c4ccccc4)nc32)CC1. The molecule has 2 N–H and O–H groups in total. The Labute approximate surface area is 213 Å². The maximum Gasteiger partial charge on any atom is 0.327 e. The lowest BCUT2D eigenvalue weighted by atomic mass is 10.2. The van der Waals surface area contributed by atoms with Gasteiger partial charge in [-0.2, -0.15) is 0 Å². The van der Waals surface area contributed by atoms with E-state index in [0.29, 0.717) is 29.4 Å². The third kappa shape index (κ3) is 6.50. The summed E-state index contributed by atoms with van der Waals surface area (Å²) in [5.74, 6) is 1.29. The van der Waals surface area contributed by atoms with Crippen LogP contribution >= 0.6 is 0 Å². The maximum absolute atomic E-state index is 12.9. The van der Waals surface area contributed by atoms with Gasteiger partial charge in [0.1, 0.15) is 5.52 Å². The number of rotatable bonds is 8. The Morgan fingerprint density at radius 1 is 0.917 bits per heavy atom. The summed E-state index contributed by atoms with van der Waals surface area (Å²) in [5.41, 5.74) is 2.12. The van der Waals surface area contributed by atoms with E-state index in [4.69, 9.17) is 14.7 Å². The van der Waals surface area contributed by atoms with E-state index in [2.05, 4.69) is 32.0 Å². The van der Waals surface area contributed by atoms with Crippen molar-refractivity contribution in [2.24, 2.45) is 0 Å². The number of hydrogen-bond donors (Lipinski definition) is 2. The molecule has 0 amide bonds. The first-order valence-electron chi connectivity index (χ1n) is 13.2. The zero-order valence-electron chi connectivity index (χ0n) is 21.9. The van der Waals surface area contributed by atoms with Crippen molar-refractivity contribution in [1.82, 2.24) is 34.2 Å². The van der Waals surface area contributed by atoms with Crippen LogP contribution in [0.3, 0.4) is 0 Å². The molecule has 0 unspecified atom stereocenters. The van der Waals surface area contributed by atoms with Crippen LogP contribution in [-0.2, 0) is 11.3 Å². The van der Waals surface area contributed by atoms with Crippen molar-refractivity contribution in [1.29, 1.82) is 0 Å². The topological polar surface area (TPSA) is 94.5 Å². The molecule has 2 aromatic heterocycles. The summed E-state index contributed by atoms with van der Waals surface area (Å²) in [5, 5.41) is 3.46. The summed E-state index contributed by atoms with van der Waals surface area (Å²) in [6.07, 6.45) is 0. The highest BCUT2D eigenvalue weighted by Gasteiger charge is 2.19. The van der Waals surface area contributed by atoms with Gasteiger partial charge in [0.2, 0.25) is 0 Å². The Morgan fingerprint density at radius 2 is 1.61 bits per heavy atom. The van der Waals surface area contributed by atoms with Crippen molar-refractivity contribution in [2.45, 2.75) is 20.4 Å². The first kappa shape index (κ1) is 26.3. The lowest BCUT2D eigenvalue weighted by molar-refractivity contribution is 0.0398. The van der Waals surface area contributed by atoms with E-state index in [1.807, 2.05) is 44.2 Å². The lowest BCUT2D eigenvalue weighted by Gasteiger charge is -2.32. The molecule has 4 heterocycles. The molecule has 2 fully saturated rings. The molecule has 2 aliphatic rings. The standard InChI is InChI=1S/C24H34N8O2.C2H6/c1-29-9-11-31(12-10-29)13-14-32-23-20(26-24(32)33)22(25-7-8-30-15-17-34-18-16-30)27-21(28-23)19-5-3-2-4-6-19;1-2/h2-6H,7-18H2,1H3,(H,26,33)(H,25,27,28);1-2H3. The van der Waals surface area contributed by atoms with E-state index < -0.39 is 0 Å². The number of nitrogens with one attached hydrogen (secondary N) is 2. The highest BCUT2D eigenvalue weighted by atomic mass is 16.5. The van der Waals surface area contributed by atoms with E-state index in [9.17, 15) is 4.79 Å². The highest BCUT2D eigenvalue weighted by Crippen LogP contribution is 2.23. The van der Waals surface area contributed by atoms with Crippen molar-refractivity contribution >= 4 is 17.0 Å².